The highest BCUT2D eigenvalue weighted by atomic mass is 16.1. The molecule has 1 amide bonds. The first-order valence-corrected chi connectivity index (χ1v) is 6.88. The Morgan fingerprint density at radius 3 is 2.38 bits per heavy atom. The molecule has 0 aliphatic rings. The lowest BCUT2D eigenvalue weighted by Crippen LogP contribution is -2.52. The zero-order chi connectivity index (χ0) is 15.5. The Morgan fingerprint density at radius 2 is 1.81 bits per heavy atom. The first-order valence-electron chi connectivity index (χ1n) is 6.88. The van der Waals surface area contributed by atoms with Crippen LogP contribution >= 0.6 is 0 Å². The third kappa shape index (κ3) is 3.23. The minimum absolute atomic E-state index is 0.518. The topological polar surface area (TPSA) is 95.1 Å². The molecule has 6 N–H and O–H groups in total. The SMILES string of the molecule is CC(Cc1ccccc1)(c1cccc(N)c1)C(N)C(N)=O. The van der Waals surface area contributed by atoms with Crippen LogP contribution in [0.3, 0.4) is 0 Å². The van der Waals surface area contributed by atoms with Crippen molar-refractivity contribution in [3.05, 3.63) is 65.7 Å². The van der Waals surface area contributed by atoms with Crippen LogP contribution in [0, 0.1) is 0 Å². The molecule has 4 heteroatoms. The van der Waals surface area contributed by atoms with Gasteiger partial charge in [0, 0.05) is 11.1 Å². The molecule has 2 aromatic carbocycles. The molecule has 0 spiro atoms. The number of carbonyl (C=O) groups excluding carboxylic acids is 1. The maximum Gasteiger partial charge on any atom is 0.235 e. The minimum Gasteiger partial charge on any atom is -0.399 e. The number of carbonyl (C=O) groups is 1. The van der Waals surface area contributed by atoms with Gasteiger partial charge in [-0.1, -0.05) is 49.4 Å². The first kappa shape index (κ1) is 15.1. The number of amides is 1. The highest BCUT2D eigenvalue weighted by molar-refractivity contribution is 5.82. The Balaban J connectivity index is 2.46. The van der Waals surface area contributed by atoms with Crippen molar-refractivity contribution in [2.45, 2.75) is 24.8 Å². The van der Waals surface area contributed by atoms with E-state index in [4.69, 9.17) is 17.2 Å². The molecule has 0 bridgehead atoms. The van der Waals surface area contributed by atoms with E-state index in [1.807, 2.05) is 61.5 Å². The Bertz CT molecular complexity index is 627. The van der Waals surface area contributed by atoms with Crippen LogP contribution in [0.5, 0.6) is 0 Å². The van der Waals surface area contributed by atoms with Crippen LogP contribution in [0.2, 0.25) is 0 Å². The van der Waals surface area contributed by atoms with Gasteiger partial charge in [-0.15, -0.1) is 0 Å². The molecule has 2 aromatic rings. The number of primary amides is 1. The van der Waals surface area contributed by atoms with Gasteiger partial charge < -0.3 is 17.2 Å². The molecule has 21 heavy (non-hydrogen) atoms. The summed E-state index contributed by atoms with van der Waals surface area (Å²) in [5.74, 6) is -0.518. The summed E-state index contributed by atoms with van der Waals surface area (Å²) >= 11 is 0. The molecule has 2 rings (SSSR count). The van der Waals surface area contributed by atoms with Gasteiger partial charge >= 0.3 is 0 Å². The summed E-state index contributed by atoms with van der Waals surface area (Å²) in [6, 6.07) is 16.6. The lowest BCUT2D eigenvalue weighted by atomic mass is 9.71. The number of benzene rings is 2. The molecule has 2 atom stereocenters. The smallest absolute Gasteiger partial charge is 0.235 e. The lowest BCUT2D eigenvalue weighted by molar-refractivity contribution is -0.120. The summed E-state index contributed by atoms with van der Waals surface area (Å²) in [5.41, 5.74) is 19.5. The van der Waals surface area contributed by atoms with Crippen molar-refractivity contribution < 1.29 is 4.79 Å². The summed E-state index contributed by atoms with van der Waals surface area (Å²) in [4.78, 5) is 11.7. The number of nitrogen functional groups attached to an aromatic ring is 1. The second-order valence-electron chi connectivity index (χ2n) is 5.59. The molecular formula is C17H21N3O. The van der Waals surface area contributed by atoms with Gasteiger partial charge in [-0.25, -0.2) is 0 Å². The quantitative estimate of drug-likeness (QED) is 0.727. The van der Waals surface area contributed by atoms with E-state index < -0.39 is 17.4 Å². The van der Waals surface area contributed by atoms with Crippen molar-refractivity contribution in [2.75, 3.05) is 5.73 Å². The van der Waals surface area contributed by atoms with Gasteiger partial charge in [-0.2, -0.15) is 0 Å². The molecular weight excluding hydrogens is 262 g/mol. The first-order chi connectivity index (χ1) is 9.93. The standard InChI is InChI=1S/C17H21N3O/c1-17(15(19)16(20)21,11-12-6-3-2-4-7-12)13-8-5-9-14(18)10-13/h2-10,15H,11,18-19H2,1H3,(H2,20,21). The molecule has 0 heterocycles. The molecule has 0 fully saturated rings. The second kappa shape index (κ2) is 5.97. The molecule has 2 unspecified atom stereocenters. The third-order valence-electron chi connectivity index (χ3n) is 3.95. The van der Waals surface area contributed by atoms with Crippen molar-refractivity contribution in [1.82, 2.24) is 0 Å². The van der Waals surface area contributed by atoms with E-state index in [2.05, 4.69) is 0 Å². The van der Waals surface area contributed by atoms with Crippen LogP contribution in [0.4, 0.5) is 5.69 Å². The lowest BCUT2D eigenvalue weighted by Gasteiger charge is -2.34. The fraction of sp³-hybridized carbons (Fsp3) is 0.235. The second-order valence-corrected chi connectivity index (χ2v) is 5.59. The molecule has 110 valence electrons. The summed E-state index contributed by atoms with van der Waals surface area (Å²) in [5, 5.41) is 0. The van der Waals surface area contributed by atoms with Crippen LogP contribution in [-0.2, 0) is 16.6 Å². The maximum absolute atomic E-state index is 11.7. The highest BCUT2D eigenvalue weighted by Crippen LogP contribution is 2.32. The van der Waals surface area contributed by atoms with Crippen molar-refractivity contribution in [1.29, 1.82) is 0 Å². The van der Waals surface area contributed by atoms with E-state index in [-0.39, 0.29) is 0 Å². The number of hydrogen-bond donors (Lipinski definition) is 3. The summed E-state index contributed by atoms with van der Waals surface area (Å²) < 4.78 is 0. The van der Waals surface area contributed by atoms with Crippen molar-refractivity contribution in [3.63, 3.8) is 0 Å². The van der Waals surface area contributed by atoms with Gasteiger partial charge in [-0.05, 0) is 29.7 Å². The van der Waals surface area contributed by atoms with Gasteiger partial charge in [0.1, 0.15) is 0 Å². The van der Waals surface area contributed by atoms with Gasteiger partial charge in [0.15, 0.2) is 0 Å². The van der Waals surface area contributed by atoms with E-state index >= 15 is 0 Å². The molecule has 0 aliphatic heterocycles. The number of anilines is 1. The highest BCUT2D eigenvalue weighted by Gasteiger charge is 2.37. The normalized spacial score (nSPS) is 15.1. The summed E-state index contributed by atoms with van der Waals surface area (Å²) in [6.07, 6.45) is 0.612. The third-order valence-corrected chi connectivity index (χ3v) is 3.95. The van der Waals surface area contributed by atoms with Gasteiger partial charge in [0.05, 0.1) is 6.04 Å². The molecule has 0 saturated carbocycles. The van der Waals surface area contributed by atoms with Crippen LogP contribution in [-0.4, -0.2) is 11.9 Å². The molecule has 0 saturated heterocycles. The maximum atomic E-state index is 11.7. The van der Waals surface area contributed by atoms with Gasteiger partial charge in [0.2, 0.25) is 5.91 Å². The molecule has 0 radical (unpaired) electrons. The van der Waals surface area contributed by atoms with Gasteiger partial charge in [-0.3, -0.25) is 4.79 Å². The van der Waals surface area contributed by atoms with E-state index in [9.17, 15) is 4.79 Å². The predicted molar refractivity (Wildman–Crippen MR) is 85.5 cm³/mol. The van der Waals surface area contributed by atoms with Crippen LogP contribution < -0.4 is 17.2 Å². The molecule has 4 nitrogen and oxygen atoms in total. The predicted octanol–water partition coefficient (Wildman–Crippen LogP) is 1.58. The fourth-order valence-electron chi connectivity index (χ4n) is 2.62. The van der Waals surface area contributed by atoms with E-state index in [0.29, 0.717) is 12.1 Å². The van der Waals surface area contributed by atoms with Crippen LogP contribution in [0.15, 0.2) is 54.6 Å². The zero-order valence-electron chi connectivity index (χ0n) is 12.1. The van der Waals surface area contributed by atoms with E-state index in [1.54, 1.807) is 0 Å². The minimum atomic E-state index is -0.792. The summed E-state index contributed by atoms with van der Waals surface area (Å²) in [7, 11) is 0. The Kier molecular flexibility index (Phi) is 4.29. The zero-order valence-corrected chi connectivity index (χ0v) is 12.1. The van der Waals surface area contributed by atoms with Crippen molar-refractivity contribution >= 4 is 11.6 Å². The largest absolute Gasteiger partial charge is 0.399 e. The molecule has 0 aromatic heterocycles. The molecule has 0 aliphatic carbocycles. The summed E-state index contributed by atoms with van der Waals surface area (Å²) in [6.45, 7) is 1.95. The van der Waals surface area contributed by atoms with Crippen molar-refractivity contribution in [2.24, 2.45) is 11.5 Å². The fourth-order valence-corrected chi connectivity index (χ4v) is 2.62. The van der Waals surface area contributed by atoms with E-state index in [1.165, 1.54) is 0 Å². The van der Waals surface area contributed by atoms with E-state index in [0.717, 1.165) is 11.1 Å². The Hall–Kier alpha value is -2.33. The average molecular weight is 283 g/mol. The van der Waals surface area contributed by atoms with Crippen LogP contribution in [0.25, 0.3) is 0 Å². The Morgan fingerprint density at radius 1 is 1.14 bits per heavy atom. The number of nitrogens with two attached hydrogens (primary N) is 3. The number of rotatable bonds is 5. The van der Waals surface area contributed by atoms with Crippen LogP contribution in [0.1, 0.15) is 18.1 Å². The van der Waals surface area contributed by atoms with Gasteiger partial charge in [0.25, 0.3) is 0 Å². The average Bonchev–Trinajstić information content (AvgIpc) is 2.47. The van der Waals surface area contributed by atoms with Crippen molar-refractivity contribution in [3.8, 4) is 0 Å². The number of hydrogen-bond acceptors (Lipinski definition) is 3. The Labute approximate surface area is 124 Å². The monoisotopic (exact) mass is 283 g/mol.